The molecule has 1 heterocycles. The molecule has 0 aliphatic heterocycles. The quantitative estimate of drug-likeness (QED) is 0.784. The number of hydrogen-bond donors (Lipinski definition) is 2. The first kappa shape index (κ1) is 17.2. The molecule has 1 atom stereocenters. The first-order chi connectivity index (χ1) is 11.1. The third kappa shape index (κ3) is 5.23. The van der Waals surface area contributed by atoms with Gasteiger partial charge >= 0.3 is 0 Å². The van der Waals surface area contributed by atoms with Gasteiger partial charge in [-0.3, -0.25) is 4.98 Å². The molecule has 0 amide bonds. The summed E-state index contributed by atoms with van der Waals surface area (Å²) in [6, 6.07) is 9.48. The van der Waals surface area contributed by atoms with Crippen LogP contribution in [0.25, 0.3) is 0 Å². The second kappa shape index (κ2) is 8.50. The molecule has 23 heavy (non-hydrogen) atoms. The Kier molecular flexibility index (Phi) is 6.38. The third-order valence-corrected chi connectivity index (χ3v) is 3.35. The number of benzene rings is 1. The first-order valence-corrected chi connectivity index (χ1v) is 7.72. The minimum Gasteiger partial charge on any atom is -0.493 e. The molecule has 2 rings (SSSR count). The molecule has 5 nitrogen and oxygen atoms in total. The monoisotopic (exact) mass is 316 g/mol. The Morgan fingerprint density at radius 1 is 1.13 bits per heavy atom. The Bertz CT molecular complexity index is 602. The SMILES string of the molecule is COc1cc(CNCC(O)c2ccncc2)ccc1OC(C)C. The van der Waals surface area contributed by atoms with E-state index in [-0.39, 0.29) is 6.10 Å². The van der Waals surface area contributed by atoms with Gasteiger partial charge in [-0.2, -0.15) is 0 Å². The van der Waals surface area contributed by atoms with Crippen LogP contribution >= 0.6 is 0 Å². The molecular weight excluding hydrogens is 292 g/mol. The molecule has 2 N–H and O–H groups in total. The number of methoxy groups -OCH3 is 1. The number of ether oxygens (including phenoxy) is 2. The van der Waals surface area contributed by atoms with E-state index in [1.807, 2.05) is 44.2 Å². The lowest BCUT2D eigenvalue weighted by Gasteiger charge is -2.15. The fourth-order valence-corrected chi connectivity index (χ4v) is 2.23. The van der Waals surface area contributed by atoms with Gasteiger partial charge in [0.15, 0.2) is 11.5 Å². The normalized spacial score (nSPS) is 12.2. The maximum absolute atomic E-state index is 10.1. The molecule has 0 bridgehead atoms. The van der Waals surface area contributed by atoms with Gasteiger partial charge in [-0.1, -0.05) is 6.07 Å². The van der Waals surface area contributed by atoms with E-state index in [1.165, 1.54) is 0 Å². The van der Waals surface area contributed by atoms with Gasteiger partial charge in [0, 0.05) is 25.5 Å². The Morgan fingerprint density at radius 2 is 1.87 bits per heavy atom. The number of nitrogens with zero attached hydrogens (tertiary/aromatic N) is 1. The minimum atomic E-state index is -0.552. The third-order valence-electron chi connectivity index (χ3n) is 3.35. The summed E-state index contributed by atoms with van der Waals surface area (Å²) in [5.74, 6) is 1.45. The van der Waals surface area contributed by atoms with Crippen molar-refractivity contribution in [3.8, 4) is 11.5 Å². The smallest absolute Gasteiger partial charge is 0.161 e. The van der Waals surface area contributed by atoms with Crippen LogP contribution in [0.2, 0.25) is 0 Å². The van der Waals surface area contributed by atoms with Crippen molar-refractivity contribution in [3.05, 3.63) is 53.9 Å². The molecule has 1 aromatic heterocycles. The zero-order valence-corrected chi connectivity index (χ0v) is 13.8. The maximum atomic E-state index is 10.1. The molecule has 0 saturated carbocycles. The molecule has 1 unspecified atom stereocenters. The zero-order valence-electron chi connectivity index (χ0n) is 13.8. The summed E-state index contributed by atoms with van der Waals surface area (Å²) in [6.07, 6.45) is 2.90. The van der Waals surface area contributed by atoms with Gasteiger partial charge in [0.2, 0.25) is 0 Å². The van der Waals surface area contributed by atoms with Crippen molar-refractivity contribution < 1.29 is 14.6 Å². The number of rotatable bonds is 8. The van der Waals surface area contributed by atoms with E-state index in [4.69, 9.17) is 9.47 Å². The van der Waals surface area contributed by atoms with Crippen LogP contribution in [0, 0.1) is 0 Å². The lowest BCUT2D eigenvalue weighted by atomic mass is 10.1. The number of pyridine rings is 1. The Balaban J connectivity index is 1.90. The van der Waals surface area contributed by atoms with Crippen LogP contribution in [0.15, 0.2) is 42.7 Å². The molecule has 0 aliphatic carbocycles. The highest BCUT2D eigenvalue weighted by Gasteiger charge is 2.09. The molecule has 0 saturated heterocycles. The summed E-state index contributed by atoms with van der Waals surface area (Å²) in [6.45, 7) is 5.07. The van der Waals surface area contributed by atoms with Gasteiger partial charge < -0.3 is 19.9 Å². The first-order valence-electron chi connectivity index (χ1n) is 7.72. The fraction of sp³-hybridized carbons (Fsp3) is 0.389. The molecule has 1 aromatic carbocycles. The molecule has 0 spiro atoms. The maximum Gasteiger partial charge on any atom is 0.161 e. The van der Waals surface area contributed by atoms with Crippen molar-refractivity contribution in [2.45, 2.75) is 32.6 Å². The fourth-order valence-electron chi connectivity index (χ4n) is 2.23. The van der Waals surface area contributed by atoms with E-state index in [1.54, 1.807) is 19.5 Å². The highest BCUT2D eigenvalue weighted by atomic mass is 16.5. The van der Waals surface area contributed by atoms with Crippen LogP contribution in [0.4, 0.5) is 0 Å². The van der Waals surface area contributed by atoms with Crippen LogP contribution in [0.1, 0.15) is 31.1 Å². The summed E-state index contributed by atoms with van der Waals surface area (Å²) in [5.41, 5.74) is 1.92. The van der Waals surface area contributed by atoms with Crippen LogP contribution in [0.5, 0.6) is 11.5 Å². The van der Waals surface area contributed by atoms with Crippen molar-refractivity contribution in [2.24, 2.45) is 0 Å². The van der Waals surface area contributed by atoms with E-state index >= 15 is 0 Å². The zero-order chi connectivity index (χ0) is 16.7. The average Bonchev–Trinajstić information content (AvgIpc) is 2.56. The Morgan fingerprint density at radius 3 is 2.52 bits per heavy atom. The van der Waals surface area contributed by atoms with Gasteiger partial charge in [0.05, 0.1) is 19.3 Å². The van der Waals surface area contributed by atoms with E-state index in [0.29, 0.717) is 18.8 Å². The van der Waals surface area contributed by atoms with Gasteiger partial charge in [0.1, 0.15) is 0 Å². The summed E-state index contributed by atoms with van der Waals surface area (Å²) in [4.78, 5) is 3.95. The highest BCUT2D eigenvalue weighted by molar-refractivity contribution is 5.43. The Hall–Kier alpha value is -2.11. The highest BCUT2D eigenvalue weighted by Crippen LogP contribution is 2.28. The van der Waals surface area contributed by atoms with Crippen molar-refractivity contribution in [3.63, 3.8) is 0 Å². The molecule has 0 aliphatic rings. The predicted molar refractivity (Wildman–Crippen MR) is 89.7 cm³/mol. The molecule has 5 heteroatoms. The lowest BCUT2D eigenvalue weighted by molar-refractivity contribution is 0.174. The predicted octanol–water partition coefficient (Wildman–Crippen LogP) is 2.70. The summed E-state index contributed by atoms with van der Waals surface area (Å²) in [5, 5.41) is 13.4. The van der Waals surface area contributed by atoms with E-state index in [2.05, 4.69) is 10.3 Å². The summed E-state index contributed by atoms with van der Waals surface area (Å²) >= 11 is 0. The molecular formula is C18H24N2O3. The minimum absolute atomic E-state index is 0.100. The summed E-state index contributed by atoms with van der Waals surface area (Å²) in [7, 11) is 1.63. The van der Waals surface area contributed by atoms with Crippen LogP contribution in [-0.4, -0.2) is 29.8 Å². The van der Waals surface area contributed by atoms with Crippen molar-refractivity contribution in [1.82, 2.24) is 10.3 Å². The number of aliphatic hydroxyl groups excluding tert-OH is 1. The number of hydrogen-bond acceptors (Lipinski definition) is 5. The molecule has 0 radical (unpaired) electrons. The number of nitrogens with one attached hydrogen (secondary N) is 1. The van der Waals surface area contributed by atoms with Crippen LogP contribution < -0.4 is 14.8 Å². The number of aromatic nitrogens is 1. The van der Waals surface area contributed by atoms with Gasteiger partial charge in [-0.25, -0.2) is 0 Å². The van der Waals surface area contributed by atoms with Gasteiger partial charge in [-0.05, 0) is 49.2 Å². The van der Waals surface area contributed by atoms with E-state index in [0.717, 1.165) is 16.9 Å². The summed E-state index contributed by atoms with van der Waals surface area (Å²) < 4.78 is 11.1. The van der Waals surface area contributed by atoms with Gasteiger partial charge in [-0.15, -0.1) is 0 Å². The van der Waals surface area contributed by atoms with Crippen molar-refractivity contribution in [1.29, 1.82) is 0 Å². The van der Waals surface area contributed by atoms with Gasteiger partial charge in [0.25, 0.3) is 0 Å². The molecule has 2 aromatic rings. The molecule has 0 fully saturated rings. The topological polar surface area (TPSA) is 63.6 Å². The standard InChI is InChI=1S/C18H24N2O3/c1-13(2)23-17-5-4-14(10-18(17)22-3)11-20-12-16(21)15-6-8-19-9-7-15/h4-10,13,16,20-21H,11-12H2,1-3H3. The van der Waals surface area contributed by atoms with E-state index < -0.39 is 6.10 Å². The van der Waals surface area contributed by atoms with E-state index in [9.17, 15) is 5.11 Å². The lowest BCUT2D eigenvalue weighted by Crippen LogP contribution is -2.21. The Labute approximate surface area is 137 Å². The second-order valence-corrected chi connectivity index (χ2v) is 5.58. The second-order valence-electron chi connectivity index (χ2n) is 5.58. The largest absolute Gasteiger partial charge is 0.493 e. The van der Waals surface area contributed by atoms with Crippen LogP contribution in [0.3, 0.4) is 0 Å². The molecule has 124 valence electrons. The number of aliphatic hydroxyl groups is 1. The van der Waals surface area contributed by atoms with Crippen LogP contribution in [-0.2, 0) is 6.54 Å². The van der Waals surface area contributed by atoms with Crippen molar-refractivity contribution >= 4 is 0 Å². The van der Waals surface area contributed by atoms with Crippen molar-refractivity contribution in [2.75, 3.05) is 13.7 Å². The average molecular weight is 316 g/mol.